The lowest BCUT2D eigenvalue weighted by Crippen LogP contribution is -2.30. The molecule has 6 nitrogen and oxygen atoms in total. The summed E-state index contributed by atoms with van der Waals surface area (Å²) in [5, 5.41) is 0. The summed E-state index contributed by atoms with van der Waals surface area (Å²) < 4.78 is 16.9. The van der Waals surface area contributed by atoms with Gasteiger partial charge in [-0.1, -0.05) is 345 Å². The van der Waals surface area contributed by atoms with Crippen LogP contribution >= 0.6 is 0 Å². The van der Waals surface area contributed by atoms with E-state index in [4.69, 9.17) is 14.2 Å². The summed E-state index contributed by atoms with van der Waals surface area (Å²) in [5.74, 6) is -0.844. The molecule has 0 aliphatic rings. The summed E-state index contributed by atoms with van der Waals surface area (Å²) in [7, 11) is 0. The highest BCUT2D eigenvalue weighted by Gasteiger charge is 2.19. The first-order valence-corrected chi connectivity index (χ1v) is 34.6. The van der Waals surface area contributed by atoms with Crippen LogP contribution in [0.5, 0.6) is 0 Å². The molecular formula is C72H132O6. The highest BCUT2D eigenvalue weighted by Crippen LogP contribution is 2.18. The first-order valence-electron chi connectivity index (χ1n) is 34.6. The van der Waals surface area contributed by atoms with Gasteiger partial charge in [0.05, 0.1) is 0 Å². The molecule has 0 radical (unpaired) electrons. The first-order chi connectivity index (χ1) is 38.5. The van der Waals surface area contributed by atoms with Crippen molar-refractivity contribution in [2.75, 3.05) is 13.2 Å². The maximum Gasteiger partial charge on any atom is 0.306 e. The van der Waals surface area contributed by atoms with Gasteiger partial charge in [0.25, 0.3) is 0 Å². The van der Waals surface area contributed by atoms with E-state index in [0.29, 0.717) is 19.3 Å². The summed E-state index contributed by atoms with van der Waals surface area (Å²) >= 11 is 0. The number of hydrogen-bond acceptors (Lipinski definition) is 6. The minimum atomic E-state index is -0.767. The fourth-order valence-electron chi connectivity index (χ4n) is 10.4. The van der Waals surface area contributed by atoms with Crippen molar-refractivity contribution >= 4 is 17.9 Å². The second-order valence-electron chi connectivity index (χ2n) is 23.4. The van der Waals surface area contributed by atoms with Crippen LogP contribution in [-0.2, 0) is 28.6 Å². The molecule has 0 aromatic rings. The number of esters is 3. The van der Waals surface area contributed by atoms with Crippen LogP contribution in [0.15, 0.2) is 48.6 Å². The molecule has 0 fully saturated rings. The van der Waals surface area contributed by atoms with Crippen LogP contribution < -0.4 is 0 Å². The Morgan fingerprint density at radius 2 is 0.500 bits per heavy atom. The Morgan fingerprint density at radius 3 is 0.782 bits per heavy atom. The van der Waals surface area contributed by atoms with Crippen molar-refractivity contribution < 1.29 is 28.6 Å². The average molecular weight is 1090 g/mol. The summed E-state index contributed by atoms with van der Waals surface area (Å²) in [5.41, 5.74) is 0. The monoisotopic (exact) mass is 1090 g/mol. The Kier molecular flexibility index (Phi) is 64.6. The highest BCUT2D eigenvalue weighted by molar-refractivity contribution is 5.71. The third kappa shape index (κ3) is 64.2. The van der Waals surface area contributed by atoms with E-state index in [2.05, 4.69) is 69.4 Å². The van der Waals surface area contributed by atoms with Gasteiger partial charge in [0.2, 0.25) is 0 Å². The number of allylic oxidation sites excluding steroid dienone is 8. The van der Waals surface area contributed by atoms with E-state index in [1.165, 1.54) is 250 Å². The van der Waals surface area contributed by atoms with E-state index < -0.39 is 6.10 Å². The predicted molar refractivity (Wildman–Crippen MR) is 339 cm³/mol. The van der Waals surface area contributed by atoms with E-state index in [-0.39, 0.29) is 31.1 Å². The van der Waals surface area contributed by atoms with Crippen molar-refractivity contribution in [3.8, 4) is 0 Å². The SMILES string of the molecule is CC/C=C\C/C=C\C/C=C\C/C=C\CCCCCCCCCCCCCCCCCCC(=O)OCC(COC(=O)CCCCCCCCCC)OC(=O)CCCCCCCCCCCCCCCCCCCCCCCCC. The van der Waals surface area contributed by atoms with Gasteiger partial charge in [-0.05, 0) is 57.8 Å². The van der Waals surface area contributed by atoms with Crippen LogP contribution in [0.1, 0.15) is 374 Å². The van der Waals surface area contributed by atoms with Gasteiger partial charge >= 0.3 is 17.9 Å². The summed E-state index contributed by atoms with van der Waals surface area (Å²) in [6, 6.07) is 0. The molecule has 0 bridgehead atoms. The minimum absolute atomic E-state index is 0.0666. The Hall–Kier alpha value is -2.63. The fraction of sp³-hybridized carbons (Fsp3) is 0.847. The zero-order chi connectivity index (χ0) is 56.4. The molecule has 0 aromatic heterocycles. The zero-order valence-corrected chi connectivity index (χ0v) is 52.5. The van der Waals surface area contributed by atoms with Gasteiger partial charge in [-0.2, -0.15) is 0 Å². The average Bonchev–Trinajstić information content (AvgIpc) is 3.44. The van der Waals surface area contributed by atoms with Crippen LogP contribution in [0, 0.1) is 0 Å². The molecule has 0 aliphatic carbocycles. The first kappa shape index (κ1) is 75.4. The van der Waals surface area contributed by atoms with Crippen molar-refractivity contribution in [3.63, 3.8) is 0 Å². The molecular weight excluding hydrogens is 961 g/mol. The number of hydrogen-bond donors (Lipinski definition) is 0. The molecule has 0 saturated carbocycles. The Bertz CT molecular complexity index is 1350. The second-order valence-corrected chi connectivity index (χ2v) is 23.4. The summed E-state index contributed by atoms with van der Waals surface area (Å²) in [6.07, 6.45) is 84.5. The number of carbonyl (C=O) groups excluding carboxylic acids is 3. The maximum absolute atomic E-state index is 12.9. The molecule has 0 amide bonds. The van der Waals surface area contributed by atoms with Crippen molar-refractivity contribution in [3.05, 3.63) is 48.6 Å². The second kappa shape index (κ2) is 66.9. The van der Waals surface area contributed by atoms with Gasteiger partial charge in [-0.15, -0.1) is 0 Å². The maximum atomic E-state index is 12.9. The molecule has 78 heavy (non-hydrogen) atoms. The van der Waals surface area contributed by atoms with Crippen LogP contribution in [0.25, 0.3) is 0 Å². The number of ether oxygens (including phenoxy) is 3. The lowest BCUT2D eigenvalue weighted by atomic mass is 10.0. The lowest BCUT2D eigenvalue weighted by Gasteiger charge is -2.18. The molecule has 0 saturated heterocycles. The molecule has 0 spiro atoms. The Balaban J connectivity index is 4.06. The molecule has 456 valence electrons. The van der Waals surface area contributed by atoms with E-state index in [0.717, 1.165) is 83.5 Å². The normalized spacial score (nSPS) is 12.3. The molecule has 0 rings (SSSR count). The number of carbonyl (C=O) groups is 3. The molecule has 0 aliphatic heterocycles. The van der Waals surface area contributed by atoms with Crippen LogP contribution in [0.4, 0.5) is 0 Å². The topological polar surface area (TPSA) is 78.9 Å². The lowest BCUT2D eigenvalue weighted by molar-refractivity contribution is -0.167. The van der Waals surface area contributed by atoms with Gasteiger partial charge in [-0.25, -0.2) is 0 Å². The smallest absolute Gasteiger partial charge is 0.306 e. The third-order valence-electron chi connectivity index (χ3n) is 15.6. The minimum Gasteiger partial charge on any atom is -0.462 e. The largest absolute Gasteiger partial charge is 0.462 e. The predicted octanol–water partition coefficient (Wildman–Crippen LogP) is 23.7. The van der Waals surface area contributed by atoms with Crippen LogP contribution in [0.3, 0.4) is 0 Å². The molecule has 1 unspecified atom stereocenters. The highest BCUT2D eigenvalue weighted by atomic mass is 16.6. The third-order valence-corrected chi connectivity index (χ3v) is 15.6. The van der Waals surface area contributed by atoms with Gasteiger partial charge in [0.15, 0.2) is 6.10 Å². The van der Waals surface area contributed by atoms with Gasteiger partial charge < -0.3 is 14.2 Å². The zero-order valence-electron chi connectivity index (χ0n) is 52.5. The van der Waals surface area contributed by atoms with E-state index in [9.17, 15) is 14.4 Å². The van der Waals surface area contributed by atoms with Crippen molar-refractivity contribution in [1.82, 2.24) is 0 Å². The number of rotatable bonds is 64. The molecule has 1 atom stereocenters. The summed E-state index contributed by atoms with van der Waals surface area (Å²) in [6.45, 7) is 6.57. The van der Waals surface area contributed by atoms with Crippen LogP contribution in [-0.4, -0.2) is 37.2 Å². The van der Waals surface area contributed by atoms with Crippen LogP contribution in [0.2, 0.25) is 0 Å². The van der Waals surface area contributed by atoms with Crippen molar-refractivity contribution in [2.24, 2.45) is 0 Å². The van der Waals surface area contributed by atoms with E-state index in [1.807, 2.05) is 0 Å². The van der Waals surface area contributed by atoms with Crippen molar-refractivity contribution in [2.45, 2.75) is 380 Å². The summed E-state index contributed by atoms with van der Waals surface area (Å²) in [4.78, 5) is 38.2. The Morgan fingerprint density at radius 1 is 0.269 bits per heavy atom. The standard InChI is InChI=1S/C72H132O6/c1-4-7-10-13-16-19-21-23-25-27-29-31-33-34-35-36-37-38-40-41-43-45-47-49-51-53-56-59-62-65-71(74)77-68-69(67-76-70(73)64-61-58-55-18-15-12-9-6-3)78-72(75)66-63-60-57-54-52-50-48-46-44-42-39-32-30-28-26-24-22-20-17-14-11-8-5-2/h7,10,16,19,23,25,29,31,69H,4-6,8-9,11-15,17-18,20-22,24,26-28,30,32-68H2,1-3H3/b10-7-,19-16-,25-23-,31-29-. The molecule has 0 heterocycles. The quantitative estimate of drug-likeness (QED) is 0.0261. The van der Waals surface area contributed by atoms with Gasteiger partial charge in [0.1, 0.15) is 13.2 Å². The molecule has 0 N–H and O–H groups in total. The molecule has 6 heteroatoms. The molecule has 0 aromatic carbocycles. The van der Waals surface area contributed by atoms with Gasteiger partial charge in [-0.3, -0.25) is 14.4 Å². The van der Waals surface area contributed by atoms with E-state index in [1.54, 1.807) is 0 Å². The number of unbranched alkanes of at least 4 members (excludes halogenated alkanes) is 45. The fourth-order valence-corrected chi connectivity index (χ4v) is 10.4. The van der Waals surface area contributed by atoms with E-state index >= 15 is 0 Å². The Labute approximate surface area is 486 Å². The van der Waals surface area contributed by atoms with Crippen molar-refractivity contribution in [1.29, 1.82) is 0 Å². The van der Waals surface area contributed by atoms with Gasteiger partial charge in [0, 0.05) is 19.3 Å².